The van der Waals surface area contributed by atoms with E-state index in [0.717, 1.165) is 11.1 Å². The number of amides is 2. The molecular weight excluding hydrogens is 492 g/mol. The summed E-state index contributed by atoms with van der Waals surface area (Å²) in [4.78, 5) is 28.2. The highest BCUT2D eigenvalue weighted by Crippen LogP contribution is 2.51. The summed E-state index contributed by atoms with van der Waals surface area (Å²) in [5.74, 6) is -0.426. The first-order chi connectivity index (χ1) is 15.2. The number of nitrogens with one attached hydrogen (secondary N) is 2. The maximum absolute atomic E-state index is 13.4. The Morgan fingerprint density at radius 3 is 2.22 bits per heavy atom. The molecule has 0 aliphatic heterocycles. The molecule has 32 heavy (non-hydrogen) atoms. The van der Waals surface area contributed by atoms with E-state index in [0.29, 0.717) is 46.0 Å². The second-order valence-electron chi connectivity index (χ2n) is 8.04. The molecule has 9 heteroatoms. The Hall–Kier alpha value is -1.50. The van der Waals surface area contributed by atoms with Crippen molar-refractivity contribution < 1.29 is 9.59 Å². The van der Waals surface area contributed by atoms with Gasteiger partial charge in [0.05, 0.1) is 5.41 Å². The van der Waals surface area contributed by atoms with Crippen molar-refractivity contribution in [1.82, 2.24) is 15.5 Å². The van der Waals surface area contributed by atoms with Gasteiger partial charge in [-0.1, -0.05) is 58.5 Å². The summed E-state index contributed by atoms with van der Waals surface area (Å²) < 4.78 is 0. The summed E-state index contributed by atoms with van der Waals surface area (Å²) >= 11 is 24.8. The van der Waals surface area contributed by atoms with E-state index in [-0.39, 0.29) is 18.2 Å². The molecule has 0 saturated heterocycles. The van der Waals surface area contributed by atoms with Crippen molar-refractivity contribution in [3.8, 4) is 0 Å². The number of nitrogens with zero attached hydrogens (tertiary/aromatic N) is 1. The second-order valence-corrected chi connectivity index (χ2v) is 9.72. The van der Waals surface area contributed by atoms with Gasteiger partial charge in [-0.2, -0.15) is 0 Å². The fourth-order valence-corrected chi connectivity index (χ4v) is 4.76. The molecule has 0 heterocycles. The molecule has 5 nitrogen and oxygen atoms in total. The summed E-state index contributed by atoms with van der Waals surface area (Å²) in [6.45, 7) is 1.14. The van der Waals surface area contributed by atoms with Gasteiger partial charge in [-0.3, -0.25) is 9.59 Å². The molecule has 2 amide bonds. The molecule has 3 rings (SSSR count). The maximum atomic E-state index is 13.4. The van der Waals surface area contributed by atoms with Gasteiger partial charge in [0.1, 0.15) is 6.04 Å². The van der Waals surface area contributed by atoms with Crippen molar-refractivity contribution >= 4 is 58.2 Å². The lowest BCUT2D eigenvalue weighted by Gasteiger charge is -2.27. The van der Waals surface area contributed by atoms with Crippen LogP contribution in [0.15, 0.2) is 36.4 Å². The first-order valence-electron chi connectivity index (χ1n) is 10.3. The number of halogens is 4. The molecule has 1 atom stereocenters. The molecule has 0 unspecified atom stereocenters. The molecular formula is C23H25Cl4N3O2. The van der Waals surface area contributed by atoms with Gasteiger partial charge in [0.25, 0.3) is 0 Å². The molecule has 1 aliphatic rings. The number of carbonyl (C=O) groups is 2. The van der Waals surface area contributed by atoms with Crippen LogP contribution in [0.4, 0.5) is 0 Å². The molecule has 172 valence electrons. The number of hydrogen-bond acceptors (Lipinski definition) is 3. The van der Waals surface area contributed by atoms with E-state index in [1.54, 1.807) is 48.3 Å². The summed E-state index contributed by atoms with van der Waals surface area (Å²) in [6, 6.07) is 9.46. The van der Waals surface area contributed by atoms with E-state index in [9.17, 15) is 9.59 Å². The van der Waals surface area contributed by atoms with Crippen molar-refractivity contribution in [2.45, 2.75) is 30.7 Å². The van der Waals surface area contributed by atoms with Gasteiger partial charge >= 0.3 is 0 Å². The lowest BCUT2D eigenvalue weighted by molar-refractivity contribution is -0.136. The van der Waals surface area contributed by atoms with Crippen LogP contribution in [0.1, 0.15) is 24.0 Å². The third-order valence-electron chi connectivity index (χ3n) is 5.75. The standard InChI is InChI=1S/C23H25Cl4N3O2/c1-28-9-10-30(2)21(31)20(11-14-3-4-15(24)12-18(14)26)29-22(32)23(7-8-23)17-6-5-16(25)13-19(17)27/h3-6,12-13,20,28H,7-11H2,1-2H3,(H,29,32)/t20-/m0/s1. The zero-order chi connectivity index (χ0) is 23.5. The van der Waals surface area contributed by atoms with Crippen LogP contribution >= 0.6 is 46.4 Å². The van der Waals surface area contributed by atoms with Gasteiger partial charge < -0.3 is 15.5 Å². The lowest BCUT2D eigenvalue weighted by Crippen LogP contribution is -2.52. The van der Waals surface area contributed by atoms with Crippen molar-refractivity contribution in [2.24, 2.45) is 0 Å². The Balaban J connectivity index is 1.85. The van der Waals surface area contributed by atoms with Gasteiger partial charge in [0.2, 0.25) is 11.8 Å². The monoisotopic (exact) mass is 515 g/mol. The van der Waals surface area contributed by atoms with Crippen LogP contribution in [-0.4, -0.2) is 49.9 Å². The maximum Gasteiger partial charge on any atom is 0.245 e. The van der Waals surface area contributed by atoms with Crippen LogP contribution < -0.4 is 10.6 Å². The topological polar surface area (TPSA) is 61.4 Å². The first-order valence-corrected chi connectivity index (χ1v) is 11.8. The molecule has 1 fully saturated rings. The van der Waals surface area contributed by atoms with Crippen LogP contribution in [0, 0.1) is 0 Å². The van der Waals surface area contributed by atoms with Crippen LogP contribution in [-0.2, 0) is 21.4 Å². The van der Waals surface area contributed by atoms with Gasteiger partial charge in [0.15, 0.2) is 0 Å². The number of carbonyl (C=O) groups excluding carboxylic acids is 2. The van der Waals surface area contributed by atoms with Crippen LogP contribution in [0.2, 0.25) is 20.1 Å². The third-order valence-corrected chi connectivity index (χ3v) is 6.88. The molecule has 2 N–H and O–H groups in total. The normalized spacial score (nSPS) is 15.2. The Morgan fingerprint density at radius 2 is 1.66 bits per heavy atom. The van der Waals surface area contributed by atoms with E-state index in [1.165, 1.54) is 0 Å². The highest BCUT2D eigenvalue weighted by molar-refractivity contribution is 6.35. The summed E-state index contributed by atoms with van der Waals surface area (Å²) in [6.07, 6.45) is 1.55. The van der Waals surface area contributed by atoms with Crippen LogP contribution in [0.3, 0.4) is 0 Å². The molecule has 0 radical (unpaired) electrons. The average Bonchev–Trinajstić information content (AvgIpc) is 3.54. The first kappa shape index (κ1) is 25.1. The Labute approximate surface area is 208 Å². The van der Waals surface area contributed by atoms with Crippen LogP contribution in [0.5, 0.6) is 0 Å². The molecule has 1 aliphatic carbocycles. The van der Waals surface area contributed by atoms with E-state index < -0.39 is 11.5 Å². The fraction of sp³-hybridized carbons (Fsp3) is 0.391. The number of rotatable bonds is 9. The smallest absolute Gasteiger partial charge is 0.245 e. The summed E-state index contributed by atoms with van der Waals surface area (Å²) in [5, 5.41) is 7.90. The van der Waals surface area contributed by atoms with E-state index in [4.69, 9.17) is 46.4 Å². The minimum absolute atomic E-state index is 0.197. The van der Waals surface area contributed by atoms with Crippen molar-refractivity contribution in [3.05, 3.63) is 67.6 Å². The Morgan fingerprint density at radius 1 is 1.03 bits per heavy atom. The zero-order valence-electron chi connectivity index (χ0n) is 17.9. The predicted octanol–water partition coefficient (Wildman–Crippen LogP) is 4.74. The van der Waals surface area contributed by atoms with Gasteiger partial charge in [-0.05, 0) is 55.3 Å². The largest absolute Gasteiger partial charge is 0.343 e. The average molecular weight is 517 g/mol. The van der Waals surface area contributed by atoms with E-state index in [1.807, 2.05) is 7.05 Å². The summed E-state index contributed by atoms with van der Waals surface area (Å²) in [5.41, 5.74) is 0.694. The number of hydrogen-bond donors (Lipinski definition) is 2. The predicted molar refractivity (Wildman–Crippen MR) is 131 cm³/mol. The Kier molecular flexibility index (Phi) is 8.34. The summed E-state index contributed by atoms with van der Waals surface area (Å²) in [7, 11) is 3.53. The van der Waals surface area contributed by atoms with Crippen molar-refractivity contribution in [2.75, 3.05) is 27.2 Å². The van der Waals surface area contributed by atoms with E-state index >= 15 is 0 Å². The molecule has 1 saturated carbocycles. The number of benzene rings is 2. The Bertz CT molecular complexity index is 1010. The fourth-order valence-electron chi connectivity index (χ4n) is 3.68. The van der Waals surface area contributed by atoms with Gasteiger partial charge in [-0.15, -0.1) is 0 Å². The minimum atomic E-state index is -0.786. The quantitative estimate of drug-likeness (QED) is 0.506. The molecule has 0 spiro atoms. The van der Waals surface area contributed by atoms with E-state index in [2.05, 4.69) is 10.6 Å². The highest BCUT2D eigenvalue weighted by Gasteiger charge is 2.53. The molecule has 2 aromatic rings. The second kappa shape index (κ2) is 10.6. The van der Waals surface area contributed by atoms with Gasteiger partial charge in [0, 0.05) is 46.6 Å². The van der Waals surface area contributed by atoms with Crippen LogP contribution in [0.25, 0.3) is 0 Å². The van der Waals surface area contributed by atoms with Gasteiger partial charge in [-0.25, -0.2) is 0 Å². The van der Waals surface area contributed by atoms with Crippen molar-refractivity contribution in [3.63, 3.8) is 0 Å². The third kappa shape index (κ3) is 5.70. The molecule has 0 aromatic heterocycles. The molecule has 2 aromatic carbocycles. The highest BCUT2D eigenvalue weighted by atomic mass is 35.5. The van der Waals surface area contributed by atoms with Crippen molar-refractivity contribution in [1.29, 1.82) is 0 Å². The SMILES string of the molecule is CNCCN(C)C(=O)[C@H](Cc1ccc(Cl)cc1Cl)NC(=O)C1(c2ccc(Cl)cc2Cl)CC1. The zero-order valence-corrected chi connectivity index (χ0v) is 20.9. The lowest BCUT2D eigenvalue weighted by atomic mass is 9.93. The molecule has 0 bridgehead atoms. The minimum Gasteiger partial charge on any atom is -0.343 e. The number of likely N-dealkylation sites (N-methyl/N-ethyl adjacent to an activating group) is 2.